The number of rotatable bonds is 5. The van der Waals surface area contributed by atoms with Crippen LogP contribution in [0.2, 0.25) is 0 Å². The zero-order valence-corrected chi connectivity index (χ0v) is 11.5. The van der Waals surface area contributed by atoms with Crippen molar-refractivity contribution in [3.05, 3.63) is 29.3 Å². The van der Waals surface area contributed by atoms with Crippen LogP contribution in [0.4, 0.5) is 0 Å². The highest BCUT2D eigenvalue weighted by Crippen LogP contribution is 2.49. The summed E-state index contributed by atoms with van der Waals surface area (Å²) in [4.78, 5) is 11.5. The van der Waals surface area contributed by atoms with Crippen LogP contribution in [0.1, 0.15) is 43.4 Å². The summed E-state index contributed by atoms with van der Waals surface area (Å²) < 4.78 is 5.29. The van der Waals surface area contributed by atoms with Gasteiger partial charge in [-0.1, -0.05) is 25.5 Å². The van der Waals surface area contributed by atoms with Crippen LogP contribution in [0.25, 0.3) is 0 Å². The lowest BCUT2D eigenvalue weighted by Crippen LogP contribution is -2.46. The minimum atomic E-state index is -0.778. The second kappa shape index (κ2) is 5.21. The molecule has 1 aromatic rings. The number of ether oxygens (including phenoxy) is 1. The van der Waals surface area contributed by atoms with E-state index in [4.69, 9.17) is 10.5 Å². The first-order chi connectivity index (χ1) is 9.05. The van der Waals surface area contributed by atoms with Gasteiger partial charge in [0.2, 0.25) is 0 Å². The van der Waals surface area contributed by atoms with Gasteiger partial charge in [-0.2, -0.15) is 0 Å². The van der Waals surface area contributed by atoms with Gasteiger partial charge in [-0.3, -0.25) is 4.79 Å². The molecule has 1 aliphatic carbocycles. The van der Waals surface area contributed by atoms with Crippen molar-refractivity contribution in [2.24, 2.45) is 11.1 Å². The van der Waals surface area contributed by atoms with E-state index in [0.29, 0.717) is 12.8 Å². The molecule has 19 heavy (non-hydrogen) atoms. The van der Waals surface area contributed by atoms with Crippen molar-refractivity contribution in [3.8, 4) is 5.75 Å². The monoisotopic (exact) mass is 263 g/mol. The van der Waals surface area contributed by atoms with Crippen molar-refractivity contribution in [2.45, 2.75) is 38.6 Å². The lowest BCUT2D eigenvalue weighted by atomic mass is 9.62. The van der Waals surface area contributed by atoms with Crippen molar-refractivity contribution in [3.63, 3.8) is 0 Å². The lowest BCUT2D eigenvalue weighted by molar-refractivity contribution is -0.156. The molecule has 0 amide bonds. The van der Waals surface area contributed by atoms with Crippen molar-refractivity contribution in [1.82, 2.24) is 0 Å². The minimum absolute atomic E-state index is 0.449. The van der Waals surface area contributed by atoms with Gasteiger partial charge in [-0.05, 0) is 36.5 Å². The fraction of sp³-hybridized carbons (Fsp3) is 0.533. The van der Waals surface area contributed by atoms with E-state index < -0.39 is 17.4 Å². The van der Waals surface area contributed by atoms with Gasteiger partial charge in [0.05, 0.1) is 12.5 Å². The molecule has 0 bridgehead atoms. The fourth-order valence-corrected chi connectivity index (χ4v) is 2.80. The molecule has 2 rings (SSSR count). The molecule has 4 heteroatoms. The Kier molecular flexibility index (Phi) is 3.80. The summed E-state index contributed by atoms with van der Waals surface area (Å²) in [6.45, 7) is 2.05. The van der Waals surface area contributed by atoms with E-state index in [2.05, 4.69) is 0 Å². The maximum atomic E-state index is 11.5. The number of carboxylic acids is 1. The molecule has 0 saturated heterocycles. The van der Waals surface area contributed by atoms with Gasteiger partial charge in [0.25, 0.3) is 0 Å². The van der Waals surface area contributed by atoms with Crippen LogP contribution in [0.3, 0.4) is 0 Å². The summed E-state index contributed by atoms with van der Waals surface area (Å²) in [7, 11) is 1.64. The number of nitrogens with two attached hydrogens (primary N) is 1. The number of aliphatic carboxylic acids is 1. The van der Waals surface area contributed by atoms with Crippen LogP contribution in [0.15, 0.2) is 18.2 Å². The highest BCUT2D eigenvalue weighted by atomic mass is 16.5. The molecule has 0 heterocycles. The average Bonchev–Trinajstić information content (AvgIpc) is 2.35. The number of carboxylic acid groups (broad SMARTS) is 1. The Labute approximate surface area is 113 Å². The highest BCUT2D eigenvalue weighted by molar-refractivity contribution is 5.77. The molecule has 0 aromatic heterocycles. The SMILES string of the molecule is CCc1cc(C(N)C2(C(=O)O)CCC2)ccc1OC. The number of aryl methyl sites for hydroxylation is 1. The third-order valence-corrected chi connectivity index (χ3v) is 4.31. The zero-order chi connectivity index (χ0) is 14.0. The summed E-state index contributed by atoms with van der Waals surface area (Å²) in [5.41, 5.74) is 7.41. The molecule has 3 N–H and O–H groups in total. The Morgan fingerprint density at radius 1 is 1.53 bits per heavy atom. The predicted octanol–water partition coefficient (Wildman–Crippen LogP) is 2.51. The standard InChI is InChI=1S/C15H21NO3/c1-3-10-9-11(5-6-12(10)19-2)13(16)15(14(17)18)7-4-8-15/h5-6,9,13H,3-4,7-8,16H2,1-2H3,(H,17,18). The van der Waals surface area contributed by atoms with Crippen molar-refractivity contribution in [1.29, 1.82) is 0 Å². The first-order valence-corrected chi connectivity index (χ1v) is 6.71. The largest absolute Gasteiger partial charge is 0.496 e. The highest BCUT2D eigenvalue weighted by Gasteiger charge is 2.49. The lowest BCUT2D eigenvalue weighted by Gasteiger charge is -2.42. The smallest absolute Gasteiger partial charge is 0.311 e. The summed E-state index contributed by atoms with van der Waals surface area (Å²) in [6, 6.07) is 5.29. The number of carbonyl (C=O) groups is 1. The molecule has 1 atom stereocenters. The number of methoxy groups -OCH3 is 1. The molecular weight excluding hydrogens is 242 g/mol. The van der Waals surface area contributed by atoms with E-state index in [0.717, 1.165) is 29.7 Å². The quantitative estimate of drug-likeness (QED) is 0.856. The van der Waals surface area contributed by atoms with Crippen LogP contribution >= 0.6 is 0 Å². The molecule has 0 aliphatic heterocycles. The summed E-state index contributed by atoms with van der Waals surface area (Å²) in [5.74, 6) is 0.0524. The van der Waals surface area contributed by atoms with Gasteiger partial charge in [-0.25, -0.2) is 0 Å². The topological polar surface area (TPSA) is 72.6 Å². The van der Waals surface area contributed by atoms with Crippen LogP contribution in [-0.4, -0.2) is 18.2 Å². The molecule has 0 radical (unpaired) electrons. The van der Waals surface area contributed by atoms with E-state index in [1.54, 1.807) is 7.11 Å². The van der Waals surface area contributed by atoms with Crippen LogP contribution < -0.4 is 10.5 Å². The Morgan fingerprint density at radius 2 is 2.21 bits per heavy atom. The summed E-state index contributed by atoms with van der Waals surface area (Å²) >= 11 is 0. The molecule has 4 nitrogen and oxygen atoms in total. The van der Waals surface area contributed by atoms with E-state index in [1.165, 1.54) is 0 Å². The van der Waals surface area contributed by atoms with Gasteiger partial charge in [0.15, 0.2) is 0 Å². The Balaban J connectivity index is 2.33. The number of benzene rings is 1. The van der Waals surface area contributed by atoms with Gasteiger partial charge >= 0.3 is 5.97 Å². The first-order valence-electron chi connectivity index (χ1n) is 6.71. The minimum Gasteiger partial charge on any atom is -0.496 e. The Bertz CT molecular complexity index is 480. The molecule has 1 unspecified atom stereocenters. The molecular formula is C15H21NO3. The van der Waals surface area contributed by atoms with E-state index in [1.807, 2.05) is 25.1 Å². The van der Waals surface area contributed by atoms with E-state index >= 15 is 0 Å². The molecule has 1 fully saturated rings. The number of hydrogen-bond acceptors (Lipinski definition) is 3. The zero-order valence-electron chi connectivity index (χ0n) is 11.5. The second-order valence-electron chi connectivity index (χ2n) is 5.22. The summed E-state index contributed by atoms with van der Waals surface area (Å²) in [5, 5.41) is 9.44. The third-order valence-electron chi connectivity index (χ3n) is 4.31. The fourth-order valence-electron chi connectivity index (χ4n) is 2.80. The Morgan fingerprint density at radius 3 is 2.63 bits per heavy atom. The van der Waals surface area contributed by atoms with Crippen LogP contribution in [0, 0.1) is 5.41 Å². The normalized spacial score (nSPS) is 18.5. The molecule has 1 aromatic carbocycles. The predicted molar refractivity (Wildman–Crippen MR) is 73.2 cm³/mol. The van der Waals surface area contributed by atoms with E-state index in [9.17, 15) is 9.90 Å². The van der Waals surface area contributed by atoms with Crippen LogP contribution in [-0.2, 0) is 11.2 Å². The molecule has 1 saturated carbocycles. The van der Waals surface area contributed by atoms with Gasteiger partial charge < -0.3 is 15.6 Å². The van der Waals surface area contributed by atoms with Crippen molar-refractivity contribution >= 4 is 5.97 Å². The van der Waals surface area contributed by atoms with Crippen molar-refractivity contribution < 1.29 is 14.6 Å². The first kappa shape index (κ1) is 13.9. The molecule has 104 valence electrons. The maximum absolute atomic E-state index is 11.5. The second-order valence-corrected chi connectivity index (χ2v) is 5.22. The number of hydrogen-bond donors (Lipinski definition) is 2. The van der Waals surface area contributed by atoms with Crippen molar-refractivity contribution in [2.75, 3.05) is 7.11 Å². The van der Waals surface area contributed by atoms with E-state index in [-0.39, 0.29) is 0 Å². The summed E-state index contributed by atoms with van der Waals surface area (Å²) in [6.07, 6.45) is 3.11. The Hall–Kier alpha value is -1.55. The van der Waals surface area contributed by atoms with Gasteiger partial charge in [0, 0.05) is 6.04 Å². The van der Waals surface area contributed by atoms with Crippen LogP contribution in [0.5, 0.6) is 5.75 Å². The average molecular weight is 263 g/mol. The third kappa shape index (κ3) is 2.21. The molecule has 0 spiro atoms. The van der Waals surface area contributed by atoms with Gasteiger partial charge in [-0.15, -0.1) is 0 Å². The van der Waals surface area contributed by atoms with Gasteiger partial charge in [0.1, 0.15) is 5.75 Å². The maximum Gasteiger partial charge on any atom is 0.311 e. The molecule has 1 aliphatic rings.